The number of amides is 1. The molecule has 0 saturated heterocycles. The molecule has 0 saturated carbocycles. The zero-order valence-electron chi connectivity index (χ0n) is 13.0. The third kappa shape index (κ3) is 19.0. The first kappa shape index (κ1) is 19.8. The summed E-state index contributed by atoms with van der Waals surface area (Å²) >= 11 is 0. The van der Waals surface area contributed by atoms with Gasteiger partial charge in [0.05, 0.1) is 0 Å². The van der Waals surface area contributed by atoms with Gasteiger partial charge < -0.3 is 7.16 Å². The van der Waals surface area contributed by atoms with E-state index in [0.717, 1.165) is 6.42 Å². The molecule has 2 N–H and O–H groups in total. The molecule has 0 aromatic carbocycles. The van der Waals surface area contributed by atoms with Crippen molar-refractivity contribution in [2.24, 2.45) is 5.73 Å². The maximum atomic E-state index is 10.5. The summed E-state index contributed by atoms with van der Waals surface area (Å²) in [6.07, 6.45) is 15.0. The summed E-state index contributed by atoms with van der Waals surface area (Å²) in [6, 6.07) is 0. The fraction of sp³-hybridized carbons (Fsp3) is 0.929. The van der Waals surface area contributed by atoms with Gasteiger partial charge in [-0.1, -0.05) is 71.1 Å². The molecule has 0 rings (SSSR count). The predicted octanol–water partition coefficient (Wildman–Crippen LogP) is 1.29. The van der Waals surface area contributed by atoms with Gasteiger partial charge in [-0.05, 0) is 6.42 Å². The van der Waals surface area contributed by atoms with Crippen molar-refractivity contribution in [3.63, 3.8) is 0 Å². The molecule has 0 fully saturated rings. The Labute approximate surface area is 131 Å². The van der Waals surface area contributed by atoms with Gasteiger partial charge >= 0.3 is 29.6 Å². The van der Waals surface area contributed by atoms with Gasteiger partial charge in [0.1, 0.15) is 0 Å². The number of carbonyl (C=O) groups is 1. The van der Waals surface area contributed by atoms with E-state index in [4.69, 9.17) is 5.73 Å². The summed E-state index contributed by atoms with van der Waals surface area (Å²) < 4.78 is 0. The molecule has 0 unspecified atom stereocenters. The molecule has 2 nitrogen and oxygen atoms in total. The van der Waals surface area contributed by atoms with E-state index < -0.39 is 0 Å². The van der Waals surface area contributed by atoms with Crippen LogP contribution in [-0.4, -0.2) is 5.91 Å². The molecule has 0 aliphatic rings. The van der Waals surface area contributed by atoms with Crippen molar-refractivity contribution in [3.05, 3.63) is 0 Å². The van der Waals surface area contributed by atoms with Gasteiger partial charge in [0.15, 0.2) is 0 Å². The van der Waals surface area contributed by atoms with Gasteiger partial charge in [0.2, 0.25) is 5.91 Å². The molecule has 17 heavy (non-hydrogen) atoms. The normalized spacial score (nSPS) is 9.94. The van der Waals surface area contributed by atoms with E-state index in [9.17, 15) is 4.79 Å². The second-order valence-corrected chi connectivity index (χ2v) is 4.75. The van der Waals surface area contributed by atoms with Crippen molar-refractivity contribution in [3.8, 4) is 0 Å². The summed E-state index contributed by atoms with van der Waals surface area (Å²) in [5, 5.41) is 0. The van der Waals surface area contributed by atoms with E-state index in [-0.39, 0.29) is 36.9 Å². The first-order valence-electron chi connectivity index (χ1n) is 7.05. The number of rotatable bonds is 12. The van der Waals surface area contributed by atoms with E-state index in [1.807, 2.05) is 0 Å². The molecule has 98 valence electrons. The van der Waals surface area contributed by atoms with E-state index >= 15 is 0 Å². The van der Waals surface area contributed by atoms with Crippen LogP contribution in [0, 0.1) is 0 Å². The Hall–Kier alpha value is 0.470. The number of nitrogens with two attached hydrogens (primary N) is 1. The molecule has 1 amide bonds. The van der Waals surface area contributed by atoms with Gasteiger partial charge in [-0.2, -0.15) is 0 Å². The molecule has 0 bridgehead atoms. The summed E-state index contributed by atoms with van der Waals surface area (Å²) in [5.74, 6) is -0.157. The molecule has 0 spiro atoms. The molecule has 0 atom stereocenters. The predicted molar refractivity (Wildman–Crippen MR) is 71.4 cm³/mol. The second kappa shape index (κ2) is 16.5. The molecule has 0 aliphatic carbocycles. The molecule has 3 heteroatoms. The van der Waals surface area contributed by atoms with Gasteiger partial charge in [-0.15, -0.1) is 0 Å². The fourth-order valence-electron chi connectivity index (χ4n) is 1.96. The largest absolute Gasteiger partial charge is 1.00 e. The molecular formula is C14H30NNaO. The van der Waals surface area contributed by atoms with Crippen LogP contribution in [-0.2, 0) is 4.79 Å². The Bertz CT molecular complexity index is 168. The Balaban J connectivity index is -0.00000112. The number of hydrogen-bond acceptors (Lipinski definition) is 1. The van der Waals surface area contributed by atoms with Crippen LogP contribution in [0.2, 0.25) is 0 Å². The average Bonchev–Trinajstić information content (AvgIpc) is 2.25. The Morgan fingerprint density at radius 3 is 1.53 bits per heavy atom. The topological polar surface area (TPSA) is 43.1 Å². The van der Waals surface area contributed by atoms with E-state index in [2.05, 4.69) is 6.92 Å². The second-order valence-electron chi connectivity index (χ2n) is 4.75. The van der Waals surface area contributed by atoms with Crippen LogP contribution >= 0.6 is 0 Å². The maximum Gasteiger partial charge on any atom is 1.00 e. The number of hydrogen-bond donors (Lipinski definition) is 1. The fourth-order valence-corrected chi connectivity index (χ4v) is 1.96. The maximum absolute atomic E-state index is 10.5. The third-order valence-corrected chi connectivity index (χ3v) is 3.03. The van der Waals surface area contributed by atoms with Crippen LogP contribution in [0.15, 0.2) is 0 Å². The third-order valence-electron chi connectivity index (χ3n) is 3.03. The van der Waals surface area contributed by atoms with E-state index in [0.29, 0.717) is 6.42 Å². The standard InChI is InChI=1S/C14H29NO.Na.H/c1-2-3-4-5-6-7-8-9-10-11-12-13-14(15)16;;/h2-13H2,1H3,(H2,15,16);;/q;+1;-1. The summed E-state index contributed by atoms with van der Waals surface area (Å²) in [6.45, 7) is 2.26. The molecule has 0 radical (unpaired) electrons. The number of unbranched alkanes of at least 4 members (excludes halogenated alkanes) is 10. The van der Waals surface area contributed by atoms with Crippen LogP contribution in [0.5, 0.6) is 0 Å². The molecule has 0 aliphatic heterocycles. The van der Waals surface area contributed by atoms with Crippen molar-refractivity contribution >= 4 is 5.91 Å². The number of carbonyl (C=O) groups excluding carboxylic acids is 1. The first-order valence-corrected chi connectivity index (χ1v) is 7.05. The quantitative estimate of drug-likeness (QED) is 0.412. The zero-order chi connectivity index (χ0) is 12.1. The summed E-state index contributed by atoms with van der Waals surface area (Å²) in [7, 11) is 0. The van der Waals surface area contributed by atoms with Gasteiger partial charge in [-0.3, -0.25) is 4.79 Å². The van der Waals surface area contributed by atoms with Gasteiger partial charge in [0, 0.05) is 6.42 Å². The van der Waals surface area contributed by atoms with Crippen molar-refractivity contribution in [1.29, 1.82) is 0 Å². The van der Waals surface area contributed by atoms with Crippen molar-refractivity contribution in [1.82, 2.24) is 0 Å². The number of primary amides is 1. The van der Waals surface area contributed by atoms with Crippen molar-refractivity contribution in [2.75, 3.05) is 0 Å². The monoisotopic (exact) mass is 251 g/mol. The minimum Gasteiger partial charge on any atom is -1.00 e. The van der Waals surface area contributed by atoms with E-state index in [1.54, 1.807) is 0 Å². The average molecular weight is 251 g/mol. The summed E-state index contributed by atoms with van der Waals surface area (Å²) in [5.41, 5.74) is 5.07. The summed E-state index contributed by atoms with van der Waals surface area (Å²) in [4.78, 5) is 10.5. The van der Waals surface area contributed by atoms with Crippen LogP contribution in [0.4, 0.5) is 0 Å². The van der Waals surface area contributed by atoms with Crippen molar-refractivity contribution in [2.45, 2.75) is 84.0 Å². The van der Waals surface area contributed by atoms with Crippen LogP contribution < -0.4 is 35.3 Å². The smallest absolute Gasteiger partial charge is 1.00 e. The van der Waals surface area contributed by atoms with E-state index in [1.165, 1.54) is 64.2 Å². The van der Waals surface area contributed by atoms with Gasteiger partial charge in [0.25, 0.3) is 0 Å². The Morgan fingerprint density at radius 1 is 0.824 bits per heavy atom. The van der Waals surface area contributed by atoms with Crippen molar-refractivity contribution < 1.29 is 35.8 Å². The molecule has 0 aromatic rings. The minimum absolute atomic E-state index is 0. The SMILES string of the molecule is CCCCCCCCCCCCCC(N)=O.[H-].[Na+]. The molecule has 0 heterocycles. The van der Waals surface area contributed by atoms with Gasteiger partial charge in [-0.25, -0.2) is 0 Å². The van der Waals surface area contributed by atoms with Crippen LogP contribution in [0.25, 0.3) is 0 Å². The molecular weight excluding hydrogens is 221 g/mol. The molecule has 0 aromatic heterocycles. The van der Waals surface area contributed by atoms with Crippen LogP contribution in [0.1, 0.15) is 85.4 Å². The first-order chi connectivity index (χ1) is 7.77. The Kier molecular flexibility index (Phi) is 19.2. The Morgan fingerprint density at radius 2 is 1.18 bits per heavy atom. The van der Waals surface area contributed by atoms with Crippen LogP contribution in [0.3, 0.4) is 0 Å². The minimum atomic E-state index is -0.157. The zero-order valence-corrected chi connectivity index (χ0v) is 14.0.